The van der Waals surface area contributed by atoms with Crippen LogP contribution in [0.1, 0.15) is 28.6 Å². The van der Waals surface area contributed by atoms with E-state index in [1.54, 1.807) is 6.92 Å². The predicted octanol–water partition coefficient (Wildman–Crippen LogP) is 3.56. The number of nitrogens with zero attached hydrogens (tertiary/aromatic N) is 1. The maximum absolute atomic E-state index is 12.0. The topological polar surface area (TPSA) is 55.1 Å². The van der Waals surface area contributed by atoms with Crippen molar-refractivity contribution in [1.29, 1.82) is 0 Å². The number of nitrogens with one attached hydrogen (secondary N) is 1. The summed E-state index contributed by atoms with van der Waals surface area (Å²) in [5.74, 6) is 0.313. The van der Waals surface area contributed by atoms with Crippen molar-refractivity contribution in [3.8, 4) is 0 Å². The number of aryl methyl sites for hydroxylation is 2. The van der Waals surface area contributed by atoms with Crippen molar-refractivity contribution in [2.24, 2.45) is 0 Å². The van der Waals surface area contributed by atoms with E-state index in [1.807, 2.05) is 25.1 Å². The lowest BCUT2D eigenvalue weighted by Gasteiger charge is -2.09. The molecule has 1 heterocycles. The van der Waals surface area contributed by atoms with Gasteiger partial charge in [-0.3, -0.25) is 4.79 Å². The molecule has 0 radical (unpaired) electrons. The molecule has 18 heavy (non-hydrogen) atoms. The summed E-state index contributed by atoms with van der Waals surface area (Å²) in [7, 11) is 0. The van der Waals surface area contributed by atoms with E-state index in [9.17, 15) is 4.79 Å². The molecule has 4 nitrogen and oxygen atoms in total. The fourth-order valence-electron chi connectivity index (χ4n) is 1.68. The van der Waals surface area contributed by atoms with Gasteiger partial charge in [-0.2, -0.15) is 0 Å². The van der Waals surface area contributed by atoms with E-state index in [0.29, 0.717) is 11.3 Å². The summed E-state index contributed by atoms with van der Waals surface area (Å²) in [6.45, 7) is 3.76. The molecule has 94 valence electrons. The number of carbonyl (C=O) groups is 1. The molecule has 0 fully saturated rings. The molecular formula is C13H13BrN2O2. The number of anilines is 1. The molecule has 1 aromatic heterocycles. The summed E-state index contributed by atoms with van der Waals surface area (Å²) >= 11 is 3.42. The third-order valence-electron chi connectivity index (χ3n) is 2.69. The van der Waals surface area contributed by atoms with Crippen LogP contribution in [0.5, 0.6) is 0 Å². The second kappa shape index (κ2) is 5.35. The van der Waals surface area contributed by atoms with Crippen LogP contribution >= 0.6 is 15.9 Å². The first-order valence-electron chi connectivity index (χ1n) is 5.63. The molecule has 1 aromatic carbocycles. The van der Waals surface area contributed by atoms with Crippen LogP contribution in [0.15, 0.2) is 33.4 Å². The van der Waals surface area contributed by atoms with E-state index in [4.69, 9.17) is 4.52 Å². The molecule has 5 heteroatoms. The Hall–Kier alpha value is -1.62. The highest BCUT2D eigenvalue weighted by Crippen LogP contribution is 2.22. The third kappa shape index (κ3) is 2.61. The molecular weight excluding hydrogens is 296 g/mol. The molecule has 0 bridgehead atoms. The van der Waals surface area contributed by atoms with Crippen molar-refractivity contribution in [2.45, 2.75) is 20.3 Å². The summed E-state index contributed by atoms with van der Waals surface area (Å²) in [5, 5.41) is 6.47. The van der Waals surface area contributed by atoms with E-state index in [2.05, 4.69) is 26.4 Å². The van der Waals surface area contributed by atoms with Gasteiger partial charge in [0.05, 0.1) is 6.20 Å². The van der Waals surface area contributed by atoms with E-state index >= 15 is 0 Å². The number of amides is 1. The fourth-order valence-corrected chi connectivity index (χ4v) is 2.09. The minimum Gasteiger partial charge on any atom is -0.361 e. The zero-order valence-corrected chi connectivity index (χ0v) is 11.7. The Labute approximate surface area is 113 Å². The summed E-state index contributed by atoms with van der Waals surface area (Å²) < 4.78 is 5.88. The van der Waals surface area contributed by atoms with Gasteiger partial charge < -0.3 is 9.84 Å². The van der Waals surface area contributed by atoms with Crippen molar-refractivity contribution in [3.05, 3.63) is 45.8 Å². The smallest absolute Gasteiger partial charge is 0.260 e. The number of benzene rings is 1. The molecule has 1 N–H and O–H groups in total. The second-order valence-electron chi connectivity index (χ2n) is 3.90. The van der Waals surface area contributed by atoms with Gasteiger partial charge in [0.15, 0.2) is 0 Å². The van der Waals surface area contributed by atoms with Gasteiger partial charge in [-0.15, -0.1) is 0 Å². The Bertz CT molecular complexity index is 578. The van der Waals surface area contributed by atoms with Crippen molar-refractivity contribution < 1.29 is 9.32 Å². The Morgan fingerprint density at radius 3 is 2.89 bits per heavy atom. The highest BCUT2D eigenvalue weighted by Gasteiger charge is 2.14. The average molecular weight is 309 g/mol. The predicted molar refractivity (Wildman–Crippen MR) is 72.7 cm³/mol. The van der Waals surface area contributed by atoms with Crippen LogP contribution in [0, 0.1) is 6.92 Å². The zero-order valence-electron chi connectivity index (χ0n) is 10.2. The van der Waals surface area contributed by atoms with Crippen LogP contribution in [-0.2, 0) is 6.42 Å². The lowest BCUT2D eigenvalue weighted by Crippen LogP contribution is -2.13. The molecule has 2 aromatic rings. The van der Waals surface area contributed by atoms with Crippen molar-refractivity contribution >= 4 is 27.5 Å². The van der Waals surface area contributed by atoms with Gasteiger partial charge >= 0.3 is 0 Å². The van der Waals surface area contributed by atoms with E-state index in [0.717, 1.165) is 22.1 Å². The zero-order chi connectivity index (χ0) is 13.1. The maximum Gasteiger partial charge on any atom is 0.260 e. The summed E-state index contributed by atoms with van der Waals surface area (Å²) in [6, 6.07) is 5.77. The van der Waals surface area contributed by atoms with Crippen molar-refractivity contribution in [2.75, 3.05) is 5.32 Å². The first kappa shape index (κ1) is 12.8. The lowest BCUT2D eigenvalue weighted by atomic mass is 10.1. The molecule has 0 spiro atoms. The largest absolute Gasteiger partial charge is 0.361 e. The van der Waals surface area contributed by atoms with Crippen LogP contribution in [0.2, 0.25) is 0 Å². The van der Waals surface area contributed by atoms with Gasteiger partial charge in [0.2, 0.25) is 0 Å². The number of halogens is 1. The van der Waals surface area contributed by atoms with Gasteiger partial charge in [-0.25, -0.2) is 0 Å². The monoisotopic (exact) mass is 308 g/mol. The van der Waals surface area contributed by atoms with Gasteiger partial charge in [-0.1, -0.05) is 28.0 Å². The molecule has 0 atom stereocenters. The highest BCUT2D eigenvalue weighted by molar-refractivity contribution is 9.10. The Morgan fingerprint density at radius 2 is 2.28 bits per heavy atom. The van der Waals surface area contributed by atoms with Gasteiger partial charge in [-0.05, 0) is 37.1 Å². The summed E-state index contributed by atoms with van der Waals surface area (Å²) in [4.78, 5) is 12.0. The highest BCUT2D eigenvalue weighted by atomic mass is 79.9. The van der Waals surface area contributed by atoms with Crippen LogP contribution in [0.4, 0.5) is 5.69 Å². The quantitative estimate of drug-likeness (QED) is 0.943. The first-order chi connectivity index (χ1) is 8.61. The minimum atomic E-state index is -0.203. The standard InChI is InChI=1S/C13H13BrN2O2/c1-3-9-6-10(14)4-5-12(9)16-13(17)11-7-15-18-8(11)2/h4-7H,3H2,1-2H3,(H,16,17). The van der Waals surface area contributed by atoms with E-state index in [1.165, 1.54) is 6.20 Å². The van der Waals surface area contributed by atoms with Crippen LogP contribution in [-0.4, -0.2) is 11.1 Å². The third-order valence-corrected chi connectivity index (χ3v) is 3.19. The average Bonchev–Trinajstić information content (AvgIpc) is 2.77. The number of rotatable bonds is 3. The van der Waals surface area contributed by atoms with Gasteiger partial charge in [0.25, 0.3) is 5.91 Å². The van der Waals surface area contributed by atoms with Crippen LogP contribution < -0.4 is 5.32 Å². The number of hydrogen-bond donors (Lipinski definition) is 1. The molecule has 0 aliphatic heterocycles. The Balaban J connectivity index is 2.24. The number of hydrogen-bond acceptors (Lipinski definition) is 3. The van der Waals surface area contributed by atoms with Crippen LogP contribution in [0.25, 0.3) is 0 Å². The van der Waals surface area contributed by atoms with Crippen molar-refractivity contribution in [3.63, 3.8) is 0 Å². The normalized spacial score (nSPS) is 10.4. The van der Waals surface area contributed by atoms with E-state index < -0.39 is 0 Å². The molecule has 1 amide bonds. The Morgan fingerprint density at radius 1 is 1.50 bits per heavy atom. The molecule has 0 unspecified atom stereocenters. The number of carbonyl (C=O) groups excluding carboxylic acids is 1. The number of aromatic nitrogens is 1. The van der Waals surface area contributed by atoms with Crippen molar-refractivity contribution in [1.82, 2.24) is 5.16 Å². The molecule has 0 aliphatic rings. The SMILES string of the molecule is CCc1cc(Br)ccc1NC(=O)c1cnoc1C. The molecule has 2 rings (SSSR count). The molecule has 0 saturated heterocycles. The van der Waals surface area contributed by atoms with Crippen LogP contribution in [0.3, 0.4) is 0 Å². The van der Waals surface area contributed by atoms with Gasteiger partial charge in [0, 0.05) is 10.2 Å². The summed E-state index contributed by atoms with van der Waals surface area (Å²) in [5.41, 5.74) is 2.35. The first-order valence-corrected chi connectivity index (χ1v) is 6.42. The minimum absolute atomic E-state index is 0.203. The van der Waals surface area contributed by atoms with Gasteiger partial charge in [0.1, 0.15) is 11.3 Å². The lowest BCUT2D eigenvalue weighted by molar-refractivity contribution is 0.102. The molecule has 0 saturated carbocycles. The summed E-state index contributed by atoms with van der Waals surface area (Å²) in [6.07, 6.45) is 2.27. The second-order valence-corrected chi connectivity index (χ2v) is 4.82. The van der Waals surface area contributed by atoms with E-state index in [-0.39, 0.29) is 5.91 Å². The Kier molecular flexibility index (Phi) is 3.81. The fraction of sp³-hybridized carbons (Fsp3) is 0.231. The maximum atomic E-state index is 12.0. The molecule has 0 aliphatic carbocycles.